The van der Waals surface area contributed by atoms with Gasteiger partial charge in [-0.2, -0.15) is 0 Å². The molecule has 2 atom stereocenters. The number of benzene rings is 2. The number of piperazine rings is 1. The molecule has 0 spiro atoms. The summed E-state index contributed by atoms with van der Waals surface area (Å²) in [6.45, 7) is 8.28. The van der Waals surface area contributed by atoms with Crippen molar-refractivity contribution in [1.29, 1.82) is 0 Å². The zero-order chi connectivity index (χ0) is 28.1. The van der Waals surface area contributed by atoms with E-state index in [2.05, 4.69) is 87.5 Å². The number of carbonyl (C=O) groups is 1. The van der Waals surface area contributed by atoms with Crippen LogP contribution >= 0.6 is 0 Å². The molecule has 2 aromatic carbocycles. The molecule has 3 aromatic rings. The van der Waals surface area contributed by atoms with E-state index in [9.17, 15) is 4.79 Å². The normalized spacial score (nSPS) is 19.4. The van der Waals surface area contributed by atoms with Gasteiger partial charge in [0.1, 0.15) is 11.8 Å². The van der Waals surface area contributed by atoms with E-state index in [0.717, 1.165) is 78.7 Å². The summed E-state index contributed by atoms with van der Waals surface area (Å²) in [5.41, 5.74) is 12.4. The van der Waals surface area contributed by atoms with Gasteiger partial charge in [-0.15, -0.1) is 0 Å². The molecule has 5 rings (SSSR count). The molecule has 10 nitrogen and oxygen atoms in total. The Bertz CT molecular complexity index is 1300. The van der Waals surface area contributed by atoms with Gasteiger partial charge >= 0.3 is 0 Å². The number of ether oxygens (including phenoxy) is 1. The minimum Gasteiger partial charge on any atom is -0.494 e. The number of hydrazine groups is 1. The molecule has 4 N–H and O–H groups in total. The predicted octanol–water partition coefficient (Wildman–Crippen LogP) is 3.65. The molecule has 2 aliphatic heterocycles. The van der Waals surface area contributed by atoms with Gasteiger partial charge in [-0.3, -0.25) is 4.79 Å². The second-order valence-electron chi connectivity index (χ2n) is 10.4. The number of rotatable bonds is 9. The molecule has 2 unspecified atom stereocenters. The van der Waals surface area contributed by atoms with Crippen molar-refractivity contribution in [2.45, 2.75) is 45.2 Å². The maximum absolute atomic E-state index is 13.2. The van der Waals surface area contributed by atoms with Gasteiger partial charge in [0.05, 0.1) is 24.5 Å². The van der Waals surface area contributed by atoms with E-state index in [4.69, 9.17) is 9.72 Å². The Labute approximate surface area is 236 Å². The number of hydrogen-bond acceptors (Lipinski definition) is 9. The summed E-state index contributed by atoms with van der Waals surface area (Å²) in [5, 5.41) is 6.49. The molecule has 0 aliphatic carbocycles. The van der Waals surface area contributed by atoms with Gasteiger partial charge in [0.2, 0.25) is 11.9 Å². The van der Waals surface area contributed by atoms with Crippen molar-refractivity contribution in [2.24, 2.45) is 0 Å². The summed E-state index contributed by atoms with van der Waals surface area (Å²) in [6.07, 6.45) is 4.03. The standard InChI is InChI=1S/C30H40N8O2/c1-5-20-8-7-9-21(6-2)28(20)34-29(39)26-19-25(35-36-26)23-12-13-31-30(32-23)33-24-11-10-22(18-27(24)40-4)38-16-14-37(3)15-17-38/h7-13,18,25-26,35-36H,5-6,14-17,19H2,1-4H3,(H,34,39)(H,31,32,33). The first-order valence-electron chi connectivity index (χ1n) is 14.1. The summed E-state index contributed by atoms with van der Waals surface area (Å²) in [7, 11) is 3.83. The average Bonchev–Trinajstić information content (AvgIpc) is 3.49. The van der Waals surface area contributed by atoms with Crippen molar-refractivity contribution in [2.75, 3.05) is 55.9 Å². The van der Waals surface area contributed by atoms with Gasteiger partial charge in [-0.25, -0.2) is 20.8 Å². The summed E-state index contributed by atoms with van der Waals surface area (Å²) >= 11 is 0. The zero-order valence-corrected chi connectivity index (χ0v) is 23.8. The lowest BCUT2D eigenvalue weighted by Crippen LogP contribution is -2.44. The molecule has 1 amide bonds. The van der Waals surface area contributed by atoms with Crippen molar-refractivity contribution in [3.8, 4) is 5.75 Å². The van der Waals surface area contributed by atoms with Crippen LogP contribution in [0.15, 0.2) is 48.7 Å². The number of para-hydroxylation sites is 1. The highest BCUT2D eigenvalue weighted by Crippen LogP contribution is 2.32. The Hall–Kier alpha value is -3.73. The van der Waals surface area contributed by atoms with Gasteiger partial charge in [-0.05, 0) is 55.6 Å². The fourth-order valence-corrected chi connectivity index (χ4v) is 5.33. The number of nitrogens with one attached hydrogen (secondary N) is 4. The SMILES string of the molecule is CCc1cccc(CC)c1NC(=O)C1CC(c2ccnc(Nc3ccc(N4CCN(C)CC4)cc3OC)n2)NN1. The number of amides is 1. The van der Waals surface area contributed by atoms with Crippen molar-refractivity contribution in [1.82, 2.24) is 25.7 Å². The van der Waals surface area contributed by atoms with Crippen molar-refractivity contribution in [3.63, 3.8) is 0 Å². The number of anilines is 4. The number of nitrogens with zero attached hydrogens (tertiary/aromatic N) is 4. The van der Waals surface area contributed by atoms with Crippen molar-refractivity contribution >= 4 is 28.9 Å². The first-order valence-corrected chi connectivity index (χ1v) is 14.1. The monoisotopic (exact) mass is 544 g/mol. The Morgan fingerprint density at radius 3 is 2.50 bits per heavy atom. The lowest BCUT2D eigenvalue weighted by atomic mass is 10.0. The van der Waals surface area contributed by atoms with Gasteiger partial charge in [0.25, 0.3) is 0 Å². The third-order valence-corrected chi connectivity index (χ3v) is 7.80. The van der Waals surface area contributed by atoms with Gasteiger partial charge < -0.3 is 25.2 Å². The molecule has 212 valence electrons. The lowest BCUT2D eigenvalue weighted by Gasteiger charge is -2.34. The van der Waals surface area contributed by atoms with Crippen LogP contribution in [0.5, 0.6) is 5.75 Å². The molecule has 2 aliphatic rings. The summed E-state index contributed by atoms with van der Waals surface area (Å²) < 4.78 is 5.70. The number of likely N-dealkylation sites (N-methyl/N-ethyl adjacent to an activating group) is 1. The molecule has 1 aromatic heterocycles. The highest BCUT2D eigenvalue weighted by atomic mass is 16.5. The molecule has 0 saturated carbocycles. The van der Waals surface area contributed by atoms with E-state index in [-0.39, 0.29) is 18.0 Å². The molecule has 0 bridgehead atoms. The van der Waals surface area contributed by atoms with E-state index >= 15 is 0 Å². The van der Waals surface area contributed by atoms with Crippen LogP contribution in [-0.2, 0) is 17.6 Å². The van der Waals surface area contributed by atoms with Gasteiger partial charge in [0.15, 0.2) is 0 Å². The topological polar surface area (TPSA) is 107 Å². The van der Waals surface area contributed by atoms with E-state index in [1.54, 1.807) is 13.3 Å². The minimum atomic E-state index is -0.381. The van der Waals surface area contributed by atoms with Crippen LogP contribution in [0.1, 0.15) is 43.1 Å². The maximum Gasteiger partial charge on any atom is 0.242 e. The molecule has 0 radical (unpaired) electrons. The fraction of sp³-hybridized carbons (Fsp3) is 0.433. The number of hydrogen-bond donors (Lipinski definition) is 4. The second kappa shape index (κ2) is 12.6. The Morgan fingerprint density at radius 2 is 1.80 bits per heavy atom. The van der Waals surface area contributed by atoms with Crippen LogP contribution in [0.3, 0.4) is 0 Å². The third kappa shape index (κ3) is 6.19. The van der Waals surface area contributed by atoms with Crippen LogP contribution in [0, 0.1) is 0 Å². The summed E-state index contributed by atoms with van der Waals surface area (Å²) in [6, 6.07) is 13.7. The van der Waals surface area contributed by atoms with E-state index in [1.165, 1.54) is 0 Å². The van der Waals surface area contributed by atoms with Crippen LogP contribution in [0.2, 0.25) is 0 Å². The smallest absolute Gasteiger partial charge is 0.242 e. The Morgan fingerprint density at radius 1 is 1.05 bits per heavy atom. The number of aromatic nitrogens is 2. The fourth-order valence-electron chi connectivity index (χ4n) is 5.33. The average molecular weight is 545 g/mol. The van der Waals surface area contributed by atoms with Crippen LogP contribution < -0.4 is 31.1 Å². The predicted molar refractivity (Wildman–Crippen MR) is 159 cm³/mol. The molecule has 10 heteroatoms. The first-order chi connectivity index (χ1) is 19.5. The molecule has 40 heavy (non-hydrogen) atoms. The van der Waals surface area contributed by atoms with Gasteiger partial charge in [0, 0.05) is 49.8 Å². The van der Waals surface area contributed by atoms with Crippen molar-refractivity contribution < 1.29 is 9.53 Å². The number of methoxy groups -OCH3 is 1. The Kier molecular flexibility index (Phi) is 8.78. The highest BCUT2D eigenvalue weighted by molar-refractivity contribution is 5.96. The zero-order valence-electron chi connectivity index (χ0n) is 23.8. The number of carbonyl (C=O) groups excluding carboxylic acids is 1. The van der Waals surface area contributed by atoms with Gasteiger partial charge in [-0.1, -0.05) is 32.0 Å². The van der Waals surface area contributed by atoms with E-state index in [1.807, 2.05) is 12.1 Å². The van der Waals surface area contributed by atoms with E-state index in [0.29, 0.717) is 12.4 Å². The van der Waals surface area contributed by atoms with Crippen LogP contribution in [0.25, 0.3) is 0 Å². The molecule has 3 heterocycles. The molecule has 2 fully saturated rings. The molecular formula is C30H40N8O2. The van der Waals surface area contributed by atoms with Crippen molar-refractivity contribution in [3.05, 3.63) is 65.5 Å². The number of aryl methyl sites for hydroxylation is 2. The lowest BCUT2D eigenvalue weighted by molar-refractivity contribution is -0.117. The summed E-state index contributed by atoms with van der Waals surface area (Å²) in [4.78, 5) is 27.1. The minimum absolute atomic E-state index is 0.0526. The van der Waals surface area contributed by atoms with E-state index < -0.39 is 0 Å². The Balaban J connectivity index is 1.24. The maximum atomic E-state index is 13.2. The highest BCUT2D eigenvalue weighted by Gasteiger charge is 2.31. The third-order valence-electron chi connectivity index (χ3n) is 7.80. The first kappa shape index (κ1) is 27.8. The summed E-state index contributed by atoms with van der Waals surface area (Å²) in [5.74, 6) is 1.16. The van der Waals surface area contributed by atoms with Crippen LogP contribution in [0.4, 0.5) is 23.0 Å². The quantitative estimate of drug-likeness (QED) is 0.321. The molecular weight excluding hydrogens is 504 g/mol. The van der Waals surface area contributed by atoms with Crippen LogP contribution in [-0.4, -0.2) is 67.2 Å². The largest absolute Gasteiger partial charge is 0.494 e. The second-order valence-corrected chi connectivity index (χ2v) is 10.4. The molecule has 2 saturated heterocycles.